The molecule has 0 aliphatic carbocycles. The molecule has 0 amide bonds. The fourth-order valence-corrected chi connectivity index (χ4v) is 4.43. The molecule has 100 valence electrons. The smallest absolute Gasteiger partial charge is 0.212 e. The van der Waals surface area contributed by atoms with Gasteiger partial charge in [-0.05, 0) is 31.7 Å². The van der Waals surface area contributed by atoms with Crippen LogP contribution in [0.3, 0.4) is 0 Å². The second kappa shape index (κ2) is 5.41. The van der Waals surface area contributed by atoms with Gasteiger partial charge in [-0.2, -0.15) is 4.31 Å². The van der Waals surface area contributed by atoms with Crippen LogP contribution in [0.25, 0.3) is 0 Å². The third-order valence-corrected chi connectivity index (χ3v) is 5.53. The normalized spacial score (nSPS) is 21.3. The molecule has 1 aliphatic rings. The summed E-state index contributed by atoms with van der Waals surface area (Å²) in [7, 11) is -3.09. The van der Waals surface area contributed by atoms with Crippen molar-refractivity contribution in [3.05, 3.63) is 35.4 Å². The number of nitrogens with zero attached hydrogens (tertiary/aromatic N) is 1. The van der Waals surface area contributed by atoms with Gasteiger partial charge in [0, 0.05) is 12.6 Å². The summed E-state index contributed by atoms with van der Waals surface area (Å²) >= 11 is 0. The molecule has 0 spiro atoms. The van der Waals surface area contributed by atoms with Crippen molar-refractivity contribution in [3.63, 3.8) is 0 Å². The van der Waals surface area contributed by atoms with Crippen LogP contribution in [-0.4, -0.2) is 25.0 Å². The summed E-state index contributed by atoms with van der Waals surface area (Å²) in [5.74, 6) is 0.259. The Morgan fingerprint density at radius 2 is 2.17 bits per heavy atom. The molecule has 18 heavy (non-hydrogen) atoms. The van der Waals surface area contributed by atoms with Crippen LogP contribution in [0.15, 0.2) is 24.3 Å². The van der Waals surface area contributed by atoms with Crippen molar-refractivity contribution in [2.75, 3.05) is 12.3 Å². The molecule has 1 aliphatic heterocycles. The molecular formula is C14H21NO2S. The minimum atomic E-state index is -3.09. The van der Waals surface area contributed by atoms with Crippen molar-refractivity contribution in [1.82, 2.24) is 4.31 Å². The lowest BCUT2D eigenvalue weighted by Crippen LogP contribution is -2.32. The van der Waals surface area contributed by atoms with Gasteiger partial charge in [0.05, 0.1) is 5.75 Å². The Hall–Kier alpha value is -0.870. The molecule has 4 heteroatoms. The number of aryl methyl sites for hydroxylation is 1. The van der Waals surface area contributed by atoms with Crippen LogP contribution >= 0.6 is 0 Å². The summed E-state index contributed by atoms with van der Waals surface area (Å²) in [6.45, 7) is 4.62. The Bertz CT molecular complexity index is 510. The number of rotatable bonds is 4. The zero-order chi connectivity index (χ0) is 13.2. The Morgan fingerprint density at radius 3 is 2.83 bits per heavy atom. The van der Waals surface area contributed by atoms with Crippen molar-refractivity contribution < 1.29 is 8.42 Å². The number of hydrogen-bond donors (Lipinski definition) is 0. The van der Waals surface area contributed by atoms with E-state index in [2.05, 4.69) is 6.07 Å². The standard InChI is InChI=1S/C14H21NO2S/c1-3-10-18(16,17)15-9-5-8-14(15)13-7-4-6-12(2)11-13/h4,6-7,11,14H,3,5,8-10H2,1-2H3/t14-/m1/s1. The van der Waals surface area contributed by atoms with E-state index in [4.69, 9.17) is 0 Å². The van der Waals surface area contributed by atoms with Gasteiger partial charge in [0.1, 0.15) is 0 Å². The van der Waals surface area contributed by atoms with E-state index in [1.54, 1.807) is 4.31 Å². The van der Waals surface area contributed by atoms with Crippen molar-refractivity contribution in [2.24, 2.45) is 0 Å². The molecule has 2 rings (SSSR count). The Morgan fingerprint density at radius 1 is 1.39 bits per heavy atom. The van der Waals surface area contributed by atoms with Gasteiger partial charge in [-0.25, -0.2) is 8.42 Å². The summed E-state index contributed by atoms with van der Waals surface area (Å²) in [5, 5.41) is 0. The summed E-state index contributed by atoms with van der Waals surface area (Å²) in [4.78, 5) is 0. The molecule has 0 N–H and O–H groups in total. The minimum absolute atomic E-state index is 0.0430. The monoisotopic (exact) mass is 267 g/mol. The van der Waals surface area contributed by atoms with E-state index in [9.17, 15) is 8.42 Å². The Kier molecular flexibility index (Phi) is 4.07. The van der Waals surface area contributed by atoms with Gasteiger partial charge in [0.15, 0.2) is 0 Å². The summed E-state index contributed by atoms with van der Waals surface area (Å²) < 4.78 is 26.2. The van der Waals surface area contributed by atoms with Gasteiger partial charge < -0.3 is 0 Å². The lowest BCUT2D eigenvalue weighted by Gasteiger charge is -2.24. The van der Waals surface area contributed by atoms with E-state index in [0.29, 0.717) is 13.0 Å². The molecule has 0 saturated carbocycles. The van der Waals surface area contributed by atoms with Crippen molar-refractivity contribution >= 4 is 10.0 Å². The fraction of sp³-hybridized carbons (Fsp3) is 0.571. The molecule has 1 heterocycles. The van der Waals surface area contributed by atoms with E-state index in [0.717, 1.165) is 18.4 Å². The SMILES string of the molecule is CCCS(=O)(=O)N1CCC[C@@H]1c1cccc(C)c1. The molecule has 0 unspecified atom stereocenters. The Labute approximate surface area is 110 Å². The quantitative estimate of drug-likeness (QED) is 0.841. The summed E-state index contributed by atoms with van der Waals surface area (Å²) in [6, 6.07) is 8.24. The largest absolute Gasteiger partial charge is 0.214 e. The van der Waals surface area contributed by atoms with Crippen molar-refractivity contribution in [3.8, 4) is 0 Å². The fourth-order valence-electron chi connectivity index (χ4n) is 2.66. The van der Waals surface area contributed by atoms with Crippen LogP contribution in [0.4, 0.5) is 0 Å². The predicted octanol–water partition coefficient (Wildman–Crippen LogP) is 2.87. The van der Waals surface area contributed by atoms with Crippen molar-refractivity contribution in [1.29, 1.82) is 0 Å². The minimum Gasteiger partial charge on any atom is -0.212 e. The van der Waals surface area contributed by atoms with E-state index in [1.807, 2.05) is 32.0 Å². The zero-order valence-corrected chi connectivity index (χ0v) is 11.9. The van der Waals surface area contributed by atoms with Crippen molar-refractivity contribution in [2.45, 2.75) is 39.2 Å². The van der Waals surface area contributed by atoms with E-state index >= 15 is 0 Å². The Balaban J connectivity index is 2.28. The highest BCUT2D eigenvalue weighted by atomic mass is 32.2. The molecule has 1 aromatic rings. The third kappa shape index (κ3) is 2.75. The van der Waals surface area contributed by atoms with Gasteiger partial charge >= 0.3 is 0 Å². The van der Waals surface area contributed by atoms with E-state index in [1.165, 1.54) is 5.56 Å². The van der Waals surface area contributed by atoms with Gasteiger partial charge in [0.2, 0.25) is 10.0 Å². The van der Waals surface area contributed by atoms with Crippen LogP contribution < -0.4 is 0 Å². The molecule has 1 fully saturated rings. The number of benzene rings is 1. The predicted molar refractivity (Wildman–Crippen MR) is 73.9 cm³/mol. The molecule has 1 atom stereocenters. The van der Waals surface area contributed by atoms with Gasteiger partial charge in [-0.1, -0.05) is 36.8 Å². The lowest BCUT2D eigenvalue weighted by atomic mass is 10.0. The highest BCUT2D eigenvalue weighted by molar-refractivity contribution is 7.89. The maximum atomic E-state index is 12.2. The van der Waals surface area contributed by atoms with E-state index in [-0.39, 0.29) is 11.8 Å². The molecule has 0 bridgehead atoms. The molecule has 1 saturated heterocycles. The second-order valence-corrected chi connectivity index (χ2v) is 7.04. The number of sulfonamides is 1. The lowest BCUT2D eigenvalue weighted by molar-refractivity contribution is 0.396. The average Bonchev–Trinajstić information content (AvgIpc) is 2.78. The molecule has 3 nitrogen and oxygen atoms in total. The highest BCUT2D eigenvalue weighted by Crippen LogP contribution is 2.34. The van der Waals surface area contributed by atoms with Crippen LogP contribution in [0.5, 0.6) is 0 Å². The highest BCUT2D eigenvalue weighted by Gasteiger charge is 2.34. The molecular weight excluding hydrogens is 246 g/mol. The molecule has 0 radical (unpaired) electrons. The molecule has 0 aromatic heterocycles. The first-order chi connectivity index (χ1) is 8.54. The maximum absolute atomic E-state index is 12.2. The maximum Gasteiger partial charge on any atom is 0.214 e. The topological polar surface area (TPSA) is 37.4 Å². The number of hydrogen-bond acceptors (Lipinski definition) is 2. The third-order valence-electron chi connectivity index (χ3n) is 3.45. The summed E-state index contributed by atoms with van der Waals surface area (Å²) in [5.41, 5.74) is 2.32. The average molecular weight is 267 g/mol. The zero-order valence-electron chi connectivity index (χ0n) is 11.1. The van der Waals surface area contributed by atoms with E-state index < -0.39 is 10.0 Å². The van der Waals surface area contributed by atoms with Crippen LogP contribution in [0, 0.1) is 6.92 Å². The second-order valence-electron chi connectivity index (χ2n) is 5.00. The summed E-state index contributed by atoms with van der Waals surface area (Å²) in [6.07, 6.45) is 2.58. The van der Waals surface area contributed by atoms with Gasteiger partial charge in [0.25, 0.3) is 0 Å². The first-order valence-electron chi connectivity index (χ1n) is 6.60. The van der Waals surface area contributed by atoms with Crippen LogP contribution in [0.1, 0.15) is 43.4 Å². The first-order valence-corrected chi connectivity index (χ1v) is 8.21. The first kappa shape index (κ1) is 13.6. The van der Waals surface area contributed by atoms with Gasteiger partial charge in [-0.3, -0.25) is 0 Å². The molecule has 1 aromatic carbocycles. The van der Waals surface area contributed by atoms with Gasteiger partial charge in [-0.15, -0.1) is 0 Å². The van der Waals surface area contributed by atoms with Crippen LogP contribution in [-0.2, 0) is 10.0 Å². The van der Waals surface area contributed by atoms with Crippen LogP contribution in [0.2, 0.25) is 0 Å².